The van der Waals surface area contributed by atoms with Crippen LogP contribution in [0.1, 0.15) is 52.8 Å². The summed E-state index contributed by atoms with van der Waals surface area (Å²) >= 11 is 6.37. The van der Waals surface area contributed by atoms with Crippen molar-refractivity contribution in [2.75, 3.05) is 18.6 Å². The van der Waals surface area contributed by atoms with Gasteiger partial charge in [-0.1, -0.05) is 46.2 Å². The number of hydrogen-bond acceptors (Lipinski definition) is 7. The normalized spacial score (nSPS) is 11.9. The number of ether oxygens (including phenoxy) is 2. The molecule has 0 atom stereocenters. The molecular formula is C20H28ClN5O3. The van der Waals surface area contributed by atoms with Crippen LogP contribution < -0.4 is 20.5 Å². The van der Waals surface area contributed by atoms with Gasteiger partial charge < -0.3 is 9.47 Å². The van der Waals surface area contributed by atoms with Gasteiger partial charge in [-0.05, 0) is 30.5 Å². The molecule has 2 aromatic rings. The fourth-order valence-corrected chi connectivity index (χ4v) is 2.64. The minimum Gasteiger partial charge on any atom is -0.490 e. The van der Waals surface area contributed by atoms with E-state index in [-0.39, 0.29) is 11.5 Å². The zero-order valence-corrected chi connectivity index (χ0v) is 18.4. The van der Waals surface area contributed by atoms with E-state index >= 15 is 0 Å². The molecule has 9 heteroatoms. The molecule has 0 saturated heterocycles. The highest BCUT2D eigenvalue weighted by atomic mass is 35.5. The predicted molar refractivity (Wildman–Crippen MR) is 116 cm³/mol. The van der Waals surface area contributed by atoms with E-state index in [1.807, 2.05) is 27.7 Å². The minimum absolute atomic E-state index is 0.146. The van der Waals surface area contributed by atoms with Crippen LogP contribution in [0.5, 0.6) is 11.5 Å². The van der Waals surface area contributed by atoms with Crippen molar-refractivity contribution < 1.29 is 9.47 Å². The monoisotopic (exact) mass is 421 g/mol. The lowest BCUT2D eigenvalue weighted by Gasteiger charge is -2.15. The van der Waals surface area contributed by atoms with Crippen LogP contribution in [0.2, 0.25) is 5.02 Å². The standard InChI is InChI=1S/C20H28ClN5O3/c1-7-28-15-9-13(8-14(21)16(15)29-11-12(2)3)10-22-25-19-23-18(27)17(24-26-19)20(4,5)6/h8-10,12H,7,11H2,1-6H3,(H2,23,25,26,27)/b22-10+. The number of aromatic nitrogens is 3. The third kappa shape index (κ3) is 6.45. The number of anilines is 1. The van der Waals surface area contributed by atoms with Gasteiger partial charge in [0.05, 0.1) is 24.5 Å². The number of nitrogens with zero attached hydrogens (tertiary/aromatic N) is 3. The maximum Gasteiger partial charge on any atom is 0.274 e. The van der Waals surface area contributed by atoms with Crippen LogP contribution in [0.3, 0.4) is 0 Å². The van der Waals surface area contributed by atoms with Gasteiger partial charge in [0.25, 0.3) is 5.56 Å². The molecule has 1 aromatic carbocycles. The largest absolute Gasteiger partial charge is 0.490 e. The van der Waals surface area contributed by atoms with Crippen molar-refractivity contribution in [3.8, 4) is 11.5 Å². The van der Waals surface area contributed by atoms with Crippen LogP contribution in [-0.4, -0.2) is 34.6 Å². The number of halogens is 1. The highest BCUT2D eigenvalue weighted by molar-refractivity contribution is 6.32. The molecule has 1 aromatic heterocycles. The van der Waals surface area contributed by atoms with Crippen LogP contribution in [0.4, 0.5) is 5.95 Å². The molecule has 0 aliphatic rings. The molecule has 0 saturated carbocycles. The molecule has 2 rings (SSSR count). The number of nitrogens with one attached hydrogen (secondary N) is 2. The summed E-state index contributed by atoms with van der Waals surface area (Å²) in [7, 11) is 0. The lowest BCUT2D eigenvalue weighted by Crippen LogP contribution is -2.28. The lowest BCUT2D eigenvalue weighted by molar-refractivity contribution is 0.248. The minimum atomic E-state index is -0.395. The average molecular weight is 422 g/mol. The SMILES string of the molecule is CCOc1cc(/C=N/Nc2nnc(C(C)(C)C)c(=O)[nH]2)cc(Cl)c1OCC(C)C. The van der Waals surface area contributed by atoms with Crippen LogP contribution in [0.15, 0.2) is 22.0 Å². The van der Waals surface area contributed by atoms with Crippen molar-refractivity contribution in [1.29, 1.82) is 0 Å². The first-order chi connectivity index (χ1) is 13.6. The maximum atomic E-state index is 12.1. The lowest BCUT2D eigenvalue weighted by atomic mass is 9.93. The highest BCUT2D eigenvalue weighted by Gasteiger charge is 2.20. The topological polar surface area (TPSA) is 101 Å². The van der Waals surface area contributed by atoms with Crippen molar-refractivity contribution in [3.05, 3.63) is 38.8 Å². The number of H-pyrrole nitrogens is 1. The first-order valence-corrected chi connectivity index (χ1v) is 9.85. The zero-order valence-electron chi connectivity index (χ0n) is 17.7. The van der Waals surface area contributed by atoms with Crippen LogP contribution in [0.25, 0.3) is 0 Å². The van der Waals surface area contributed by atoms with Gasteiger partial charge in [0, 0.05) is 5.41 Å². The van der Waals surface area contributed by atoms with E-state index in [9.17, 15) is 4.79 Å². The van der Waals surface area contributed by atoms with Crippen LogP contribution in [-0.2, 0) is 5.41 Å². The third-order valence-corrected chi connectivity index (χ3v) is 3.96. The molecule has 8 nitrogen and oxygen atoms in total. The Hall–Kier alpha value is -2.61. The van der Waals surface area contributed by atoms with Gasteiger partial charge in [0.2, 0.25) is 5.95 Å². The second-order valence-electron chi connectivity index (χ2n) is 7.94. The van der Waals surface area contributed by atoms with Gasteiger partial charge in [-0.3, -0.25) is 9.78 Å². The Bertz CT molecular complexity index is 919. The smallest absolute Gasteiger partial charge is 0.274 e. The molecule has 0 amide bonds. The zero-order chi connectivity index (χ0) is 21.6. The fraction of sp³-hybridized carbons (Fsp3) is 0.500. The molecular weight excluding hydrogens is 394 g/mol. The summed E-state index contributed by atoms with van der Waals surface area (Å²) in [5.41, 5.74) is 3.02. The van der Waals surface area contributed by atoms with Gasteiger partial charge >= 0.3 is 0 Å². The first-order valence-electron chi connectivity index (χ1n) is 9.47. The summed E-state index contributed by atoms with van der Waals surface area (Å²) in [6.07, 6.45) is 1.54. The summed E-state index contributed by atoms with van der Waals surface area (Å²) in [5.74, 6) is 1.57. The second kappa shape index (κ2) is 9.73. The molecule has 0 radical (unpaired) electrons. The molecule has 0 bridgehead atoms. The van der Waals surface area contributed by atoms with Crippen molar-refractivity contribution in [3.63, 3.8) is 0 Å². The van der Waals surface area contributed by atoms with Crippen molar-refractivity contribution in [1.82, 2.24) is 15.2 Å². The van der Waals surface area contributed by atoms with E-state index in [1.54, 1.807) is 12.1 Å². The third-order valence-electron chi connectivity index (χ3n) is 3.68. The van der Waals surface area contributed by atoms with Crippen molar-refractivity contribution in [2.24, 2.45) is 11.0 Å². The summed E-state index contributed by atoms with van der Waals surface area (Å²) in [6.45, 7) is 12.7. The summed E-state index contributed by atoms with van der Waals surface area (Å²) in [4.78, 5) is 14.8. The molecule has 0 fully saturated rings. The van der Waals surface area contributed by atoms with E-state index in [0.717, 1.165) is 0 Å². The Kier molecular flexibility index (Phi) is 7.61. The van der Waals surface area contributed by atoms with Gasteiger partial charge in [-0.25, -0.2) is 5.43 Å². The first kappa shape index (κ1) is 22.7. The van der Waals surface area contributed by atoms with Crippen molar-refractivity contribution in [2.45, 2.75) is 47.0 Å². The highest BCUT2D eigenvalue weighted by Crippen LogP contribution is 2.36. The van der Waals surface area contributed by atoms with E-state index in [0.29, 0.717) is 46.9 Å². The number of rotatable bonds is 8. The quantitative estimate of drug-likeness (QED) is 0.493. The molecule has 2 N–H and O–H groups in total. The van der Waals surface area contributed by atoms with Gasteiger partial charge in [0.15, 0.2) is 11.5 Å². The molecule has 1 heterocycles. The maximum absolute atomic E-state index is 12.1. The Labute approximate surface area is 175 Å². The molecule has 0 spiro atoms. The predicted octanol–water partition coefficient (Wildman–Crippen LogP) is 4.00. The van der Waals surface area contributed by atoms with E-state index in [2.05, 4.69) is 39.6 Å². The summed E-state index contributed by atoms with van der Waals surface area (Å²) in [5, 5.41) is 12.5. The number of aromatic amines is 1. The summed E-state index contributed by atoms with van der Waals surface area (Å²) in [6, 6.07) is 3.51. The molecule has 0 aliphatic heterocycles. The molecule has 158 valence electrons. The Morgan fingerprint density at radius 2 is 2.00 bits per heavy atom. The number of hydrazone groups is 1. The average Bonchev–Trinajstić information content (AvgIpc) is 2.60. The van der Waals surface area contributed by atoms with E-state index < -0.39 is 5.41 Å². The number of hydrogen-bond donors (Lipinski definition) is 2. The van der Waals surface area contributed by atoms with Gasteiger partial charge in [-0.15, -0.1) is 10.2 Å². The Balaban J connectivity index is 2.18. The van der Waals surface area contributed by atoms with E-state index in [4.69, 9.17) is 21.1 Å². The van der Waals surface area contributed by atoms with Gasteiger partial charge in [-0.2, -0.15) is 5.10 Å². The van der Waals surface area contributed by atoms with E-state index in [1.165, 1.54) is 6.21 Å². The van der Waals surface area contributed by atoms with Gasteiger partial charge in [0.1, 0.15) is 5.69 Å². The van der Waals surface area contributed by atoms with Crippen molar-refractivity contribution >= 4 is 23.8 Å². The molecule has 29 heavy (non-hydrogen) atoms. The molecule has 0 aliphatic carbocycles. The van der Waals surface area contributed by atoms with Crippen LogP contribution in [0, 0.1) is 5.92 Å². The Morgan fingerprint density at radius 3 is 2.59 bits per heavy atom. The number of benzene rings is 1. The Morgan fingerprint density at radius 1 is 1.28 bits per heavy atom. The molecule has 0 unspecified atom stereocenters. The van der Waals surface area contributed by atoms with Crippen LogP contribution >= 0.6 is 11.6 Å². The fourth-order valence-electron chi connectivity index (χ4n) is 2.36. The second-order valence-corrected chi connectivity index (χ2v) is 8.35. The summed E-state index contributed by atoms with van der Waals surface area (Å²) < 4.78 is 11.4.